The van der Waals surface area contributed by atoms with Crippen molar-refractivity contribution in [3.8, 4) is 0 Å². The quantitative estimate of drug-likeness (QED) is 0.815. The minimum absolute atomic E-state index is 0.0700. The smallest absolute Gasteiger partial charge is 0.306 e. The highest BCUT2D eigenvalue weighted by atomic mass is 16.5. The predicted octanol–water partition coefficient (Wildman–Crippen LogP) is 1.32. The first-order valence-corrected chi connectivity index (χ1v) is 8.74. The molecule has 3 aliphatic rings. The largest absolute Gasteiger partial charge is 0.481 e. The summed E-state index contributed by atoms with van der Waals surface area (Å²) in [6.45, 7) is 4.58. The summed E-state index contributed by atoms with van der Waals surface area (Å²) in [6.07, 6.45) is 3.01. The third kappa shape index (κ3) is 3.17. The van der Waals surface area contributed by atoms with E-state index in [1.807, 2.05) is 0 Å². The second-order valence-electron chi connectivity index (χ2n) is 7.61. The lowest BCUT2D eigenvalue weighted by Gasteiger charge is -2.16. The first-order chi connectivity index (χ1) is 11.5. The van der Waals surface area contributed by atoms with Gasteiger partial charge in [-0.1, -0.05) is 12.1 Å². The molecule has 2 saturated carbocycles. The summed E-state index contributed by atoms with van der Waals surface area (Å²) in [5.41, 5.74) is 0.357. The summed E-state index contributed by atoms with van der Waals surface area (Å²) >= 11 is 0. The van der Waals surface area contributed by atoms with E-state index in [0.29, 0.717) is 17.5 Å². The molecule has 2 aliphatic carbocycles. The van der Waals surface area contributed by atoms with E-state index in [-0.39, 0.29) is 23.8 Å². The number of carboxylic acid groups (broad SMARTS) is 1. The van der Waals surface area contributed by atoms with E-state index in [9.17, 15) is 9.59 Å². The van der Waals surface area contributed by atoms with Gasteiger partial charge in [0, 0.05) is 37.7 Å². The van der Waals surface area contributed by atoms with Crippen LogP contribution in [0.25, 0.3) is 0 Å². The highest BCUT2D eigenvalue weighted by Gasteiger charge is 2.45. The van der Waals surface area contributed by atoms with Gasteiger partial charge < -0.3 is 19.8 Å². The monoisotopic (exact) mass is 333 g/mol. The standard InChI is InChI=1S/C17H23N3O4/c1-9-6-20(7-11-4-12(11)17(22)23)8-14(9)18-16(21)13-5-15(24-19-13)10-2-3-10/h5,9-12,14H,2-4,6-8H2,1H3,(H,18,21)(H,22,23). The molecule has 2 N–H and O–H groups in total. The van der Waals surface area contributed by atoms with Crippen LogP contribution in [0.5, 0.6) is 0 Å². The van der Waals surface area contributed by atoms with E-state index in [0.717, 1.165) is 44.7 Å². The summed E-state index contributed by atoms with van der Waals surface area (Å²) in [6, 6.07) is 1.83. The van der Waals surface area contributed by atoms with Gasteiger partial charge in [0.05, 0.1) is 5.92 Å². The van der Waals surface area contributed by atoms with Crippen LogP contribution in [0.4, 0.5) is 0 Å². The van der Waals surface area contributed by atoms with E-state index in [4.69, 9.17) is 9.63 Å². The molecule has 0 aromatic carbocycles. The molecule has 0 spiro atoms. The SMILES string of the molecule is CC1CN(CC2CC2C(=O)O)CC1NC(=O)c1cc(C2CC2)on1. The fraction of sp³-hybridized carbons (Fsp3) is 0.706. The normalized spacial score (nSPS) is 32.7. The topological polar surface area (TPSA) is 95.7 Å². The average Bonchev–Trinajstić information content (AvgIpc) is 3.43. The summed E-state index contributed by atoms with van der Waals surface area (Å²) in [4.78, 5) is 25.6. The third-order valence-corrected chi connectivity index (χ3v) is 5.48. The van der Waals surface area contributed by atoms with Crippen LogP contribution in [0, 0.1) is 17.8 Å². The van der Waals surface area contributed by atoms with Gasteiger partial charge in [-0.05, 0) is 31.1 Å². The molecule has 0 bridgehead atoms. The lowest BCUT2D eigenvalue weighted by Crippen LogP contribution is -2.40. The first-order valence-electron chi connectivity index (χ1n) is 8.74. The maximum atomic E-state index is 12.4. The van der Waals surface area contributed by atoms with Gasteiger partial charge in [-0.25, -0.2) is 0 Å². The molecular formula is C17H23N3O4. The zero-order chi connectivity index (χ0) is 16.8. The number of likely N-dealkylation sites (tertiary alicyclic amines) is 1. The fourth-order valence-corrected chi connectivity index (χ4v) is 3.69. The van der Waals surface area contributed by atoms with Gasteiger partial charge in [0.2, 0.25) is 0 Å². The molecule has 7 heteroatoms. The van der Waals surface area contributed by atoms with Crippen molar-refractivity contribution >= 4 is 11.9 Å². The number of nitrogens with zero attached hydrogens (tertiary/aromatic N) is 2. The van der Waals surface area contributed by atoms with Gasteiger partial charge >= 0.3 is 5.97 Å². The molecule has 24 heavy (non-hydrogen) atoms. The Bertz CT molecular complexity index is 654. The van der Waals surface area contributed by atoms with E-state index >= 15 is 0 Å². The van der Waals surface area contributed by atoms with Crippen LogP contribution in [0.1, 0.15) is 48.4 Å². The number of amides is 1. The minimum Gasteiger partial charge on any atom is -0.481 e. The summed E-state index contributed by atoms with van der Waals surface area (Å²) < 4.78 is 5.24. The molecule has 3 fully saturated rings. The van der Waals surface area contributed by atoms with Crippen molar-refractivity contribution in [2.75, 3.05) is 19.6 Å². The van der Waals surface area contributed by atoms with Crippen molar-refractivity contribution in [2.45, 2.75) is 38.1 Å². The van der Waals surface area contributed by atoms with Crippen molar-refractivity contribution in [1.29, 1.82) is 0 Å². The van der Waals surface area contributed by atoms with Crippen LogP contribution in [0.15, 0.2) is 10.6 Å². The number of aromatic nitrogens is 1. The van der Waals surface area contributed by atoms with E-state index in [2.05, 4.69) is 22.3 Å². The number of carboxylic acids is 1. The van der Waals surface area contributed by atoms with Gasteiger partial charge in [-0.3, -0.25) is 9.59 Å². The lowest BCUT2D eigenvalue weighted by atomic mass is 10.1. The van der Waals surface area contributed by atoms with Crippen LogP contribution in [0.3, 0.4) is 0 Å². The Hall–Kier alpha value is -1.89. The molecule has 4 atom stereocenters. The lowest BCUT2D eigenvalue weighted by molar-refractivity contribution is -0.138. The molecule has 0 radical (unpaired) electrons. The Labute approximate surface area is 140 Å². The van der Waals surface area contributed by atoms with Crippen molar-refractivity contribution in [3.63, 3.8) is 0 Å². The van der Waals surface area contributed by atoms with Crippen molar-refractivity contribution in [3.05, 3.63) is 17.5 Å². The predicted molar refractivity (Wildman–Crippen MR) is 84.6 cm³/mol. The Balaban J connectivity index is 1.29. The maximum Gasteiger partial charge on any atom is 0.306 e. The van der Waals surface area contributed by atoms with E-state index < -0.39 is 5.97 Å². The Morgan fingerprint density at radius 3 is 2.88 bits per heavy atom. The molecule has 2 heterocycles. The number of hydrogen-bond donors (Lipinski definition) is 2. The number of carbonyl (C=O) groups is 2. The number of carbonyl (C=O) groups excluding carboxylic acids is 1. The second kappa shape index (κ2) is 5.88. The Kier molecular flexibility index (Phi) is 3.83. The maximum absolute atomic E-state index is 12.4. The minimum atomic E-state index is -0.686. The fourth-order valence-electron chi connectivity index (χ4n) is 3.69. The number of hydrogen-bond acceptors (Lipinski definition) is 5. The molecule has 130 valence electrons. The van der Waals surface area contributed by atoms with Gasteiger partial charge in [-0.2, -0.15) is 0 Å². The Morgan fingerprint density at radius 1 is 1.42 bits per heavy atom. The molecule has 1 aromatic rings. The van der Waals surface area contributed by atoms with Crippen molar-refractivity contribution in [2.24, 2.45) is 17.8 Å². The van der Waals surface area contributed by atoms with Gasteiger partial charge in [0.1, 0.15) is 5.76 Å². The van der Waals surface area contributed by atoms with Crippen LogP contribution in [-0.4, -0.2) is 52.7 Å². The highest BCUT2D eigenvalue weighted by Crippen LogP contribution is 2.41. The summed E-state index contributed by atoms with van der Waals surface area (Å²) in [7, 11) is 0. The van der Waals surface area contributed by atoms with Crippen molar-refractivity contribution < 1.29 is 19.2 Å². The number of aliphatic carboxylic acids is 1. The van der Waals surface area contributed by atoms with Crippen LogP contribution in [-0.2, 0) is 4.79 Å². The molecule has 1 saturated heterocycles. The molecule has 4 unspecified atom stereocenters. The van der Waals surface area contributed by atoms with Gasteiger partial charge in [0.25, 0.3) is 5.91 Å². The molecule has 1 aromatic heterocycles. The van der Waals surface area contributed by atoms with E-state index in [1.54, 1.807) is 6.07 Å². The van der Waals surface area contributed by atoms with Gasteiger partial charge in [0.15, 0.2) is 5.69 Å². The van der Waals surface area contributed by atoms with Crippen LogP contribution in [0.2, 0.25) is 0 Å². The molecule has 7 nitrogen and oxygen atoms in total. The zero-order valence-electron chi connectivity index (χ0n) is 13.8. The third-order valence-electron chi connectivity index (χ3n) is 5.48. The molecule has 4 rings (SSSR count). The van der Waals surface area contributed by atoms with Crippen LogP contribution < -0.4 is 5.32 Å². The zero-order valence-corrected chi connectivity index (χ0v) is 13.8. The first kappa shape index (κ1) is 15.6. The van der Waals surface area contributed by atoms with E-state index in [1.165, 1.54) is 0 Å². The molecular weight excluding hydrogens is 310 g/mol. The molecule has 1 aliphatic heterocycles. The summed E-state index contributed by atoms with van der Waals surface area (Å²) in [5.74, 6) is 0.820. The second-order valence-corrected chi connectivity index (χ2v) is 7.61. The number of rotatable bonds is 6. The highest BCUT2D eigenvalue weighted by molar-refractivity contribution is 5.92. The van der Waals surface area contributed by atoms with Crippen molar-refractivity contribution in [1.82, 2.24) is 15.4 Å². The Morgan fingerprint density at radius 2 is 2.21 bits per heavy atom. The summed E-state index contributed by atoms with van der Waals surface area (Å²) in [5, 5.41) is 15.9. The molecule has 1 amide bonds. The van der Waals surface area contributed by atoms with Crippen LogP contribution >= 0.6 is 0 Å². The number of nitrogens with one attached hydrogen (secondary N) is 1. The van der Waals surface area contributed by atoms with Gasteiger partial charge in [-0.15, -0.1) is 0 Å². The average molecular weight is 333 g/mol.